The SMILES string of the molecule is CC/C=C\C[C@@H](O)/C=C/C=C\C=C\[C@@H](O)C/C=C\C/C=C\CCC(=O)OC[C@H](COP(=O)(O)OCCN)OC(=O)CCCCCCCCCCCCC/C=C\CCCCCCCC. The predicted octanol–water partition coefficient (Wildman–Crippen LogP) is 12.3. The Labute approximate surface area is 382 Å². The van der Waals surface area contributed by atoms with Gasteiger partial charge in [-0.25, -0.2) is 4.57 Å². The van der Waals surface area contributed by atoms with E-state index in [0.29, 0.717) is 32.1 Å². The van der Waals surface area contributed by atoms with E-state index in [2.05, 4.69) is 19.1 Å². The molecule has 0 saturated carbocycles. The maximum atomic E-state index is 12.6. The zero-order valence-electron chi connectivity index (χ0n) is 39.3. The van der Waals surface area contributed by atoms with Crippen LogP contribution in [0.4, 0.5) is 0 Å². The highest BCUT2D eigenvalue weighted by Gasteiger charge is 2.26. The summed E-state index contributed by atoms with van der Waals surface area (Å²) in [6, 6.07) is 0. The van der Waals surface area contributed by atoms with Gasteiger partial charge in [-0.15, -0.1) is 0 Å². The Morgan fingerprint density at radius 2 is 1.08 bits per heavy atom. The summed E-state index contributed by atoms with van der Waals surface area (Å²) in [7, 11) is -4.43. The molecule has 0 fully saturated rings. The molecule has 0 heterocycles. The van der Waals surface area contributed by atoms with Crippen LogP contribution in [0.3, 0.4) is 0 Å². The standard InChI is InChI=1S/C51H88NO10P/c1-3-5-7-8-9-10-11-12-13-14-15-16-17-18-19-20-21-22-23-28-36-42-51(56)62-49(46-61-63(57,58)60-44-43-52)45-59-50(55)41-35-27-25-24-26-32-38-48(54)40-34-30-29-33-39-47(53)37-31-6-4-2/h6,12-13,25-27,29-34,39-40,47-49,53-54H,3-5,7-11,14-24,28,35-38,41-46,52H2,1-2H3,(H,57,58)/b13-12-,27-25-,30-29-,31-6-,32-26-,39-33+,40-34+/t47-,48+,49-/m1/s1. The lowest BCUT2D eigenvalue weighted by molar-refractivity contribution is -0.161. The first-order valence-electron chi connectivity index (χ1n) is 24.3. The Morgan fingerprint density at radius 3 is 1.63 bits per heavy atom. The molecular weight excluding hydrogens is 818 g/mol. The number of carbonyl (C=O) groups is 2. The molecule has 0 rings (SSSR count). The zero-order valence-corrected chi connectivity index (χ0v) is 40.1. The van der Waals surface area contributed by atoms with Gasteiger partial charge in [0.15, 0.2) is 6.10 Å². The number of rotatable bonds is 44. The van der Waals surface area contributed by atoms with E-state index in [1.165, 1.54) is 96.3 Å². The molecule has 0 aliphatic heterocycles. The van der Waals surface area contributed by atoms with E-state index >= 15 is 0 Å². The minimum Gasteiger partial charge on any atom is -0.462 e. The third-order valence-corrected chi connectivity index (χ3v) is 10.9. The van der Waals surface area contributed by atoms with Crippen molar-refractivity contribution in [1.82, 2.24) is 0 Å². The van der Waals surface area contributed by atoms with Crippen LogP contribution in [-0.2, 0) is 32.7 Å². The van der Waals surface area contributed by atoms with Crippen molar-refractivity contribution in [3.05, 3.63) is 85.1 Å². The number of phosphoric acid groups is 1. The van der Waals surface area contributed by atoms with Crippen molar-refractivity contribution in [1.29, 1.82) is 0 Å². The molecular formula is C51H88NO10P. The molecule has 0 aromatic heterocycles. The van der Waals surface area contributed by atoms with Crippen molar-refractivity contribution in [2.75, 3.05) is 26.4 Å². The first kappa shape index (κ1) is 60.1. The van der Waals surface area contributed by atoms with Gasteiger partial charge in [-0.1, -0.05) is 189 Å². The van der Waals surface area contributed by atoms with Crippen molar-refractivity contribution < 1.29 is 47.8 Å². The Balaban J connectivity index is 4.30. The monoisotopic (exact) mass is 906 g/mol. The van der Waals surface area contributed by atoms with Crippen LogP contribution < -0.4 is 5.73 Å². The first-order valence-corrected chi connectivity index (χ1v) is 25.8. The summed E-state index contributed by atoms with van der Waals surface area (Å²) in [4.78, 5) is 35.0. The lowest BCUT2D eigenvalue weighted by Gasteiger charge is -2.19. The van der Waals surface area contributed by atoms with E-state index < -0.39 is 44.7 Å². The van der Waals surface area contributed by atoms with Gasteiger partial charge in [-0.2, -0.15) is 0 Å². The topological polar surface area (TPSA) is 175 Å². The summed E-state index contributed by atoms with van der Waals surface area (Å²) in [5.74, 6) is -1.000. The largest absolute Gasteiger partial charge is 0.472 e. The quantitative estimate of drug-likeness (QED) is 0.0151. The second kappa shape index (κ2) is 45.7. The fourth-order valence-corrected chi connectivity index (χ4v) is 7.07. The van der Waals surface area contributed by atoms with E-state index in [9.17, 15) is 29.3 Å². The van der Waals surface area contributed by atoms with E-state index in [4.69, 9.17) is 24.3 Å². The average Bonchev–Trinajstić information content (AvgIpc) is 3.26. The predicted molar refractivity (Wildman–Crippen MR) is 259 cm³/mol. The molecule has 362 valence electrons. The van der Waals surface area contributed by atoms with Gasteiger partial charge in [-0.05, 0) is 64.2 Å². The molecule has 5 N–H and O–H groups in total. The molecule has 0 radical (unpaired) electrons. The Hall–Kier alpha value is -2.89. The van der Waals surface area contributed by atoms with Gasteiger partial charge in [0.25, 0.3) is 0 Å². The normalized spacial score (nSPS) is 15.0. The van der Waals surface area contributed by atoms with Crippen molar-refractivity contribution in [3.8, 4) is 0 Å². The molecule has 0 bridgehead atoms. The number of hydrogen-bond acceptors (Lipinski definition) is 10. The number of carbonyl (C=O) groups excluding carboxylic acids is 2. The minimum absolute atomic E-state index is 0.0235. The highest BCUT2D eigenvalue weighted by atomic mass is 31.2. The number of hydrogen-bond donors (Lipinski definition) is 4. The fourth-order valence-electron chi connectivity index (χ4n) is 6.30. The van der Waals surface area contributed by atoms with Crippen LogP contribution >= 0.6 is 7.82 Å². The molecule has 0 aromatic rings. The van der Waals surface area contributed by atoms with Gasteiger partial charge in [0.1, 0.15) is 6.61 Å². The second-order valence-electron chi connectivity index (χ2n) is 16.0. The molecule has 0 amide bonds. The van der Waals surface area contributed by atoms with Gasteiger partial charge in [-0.3, -0.25) is 18.6 Å². The first-order chi connectivity index (χ1) is 30.6. The molecule has 0 spiro atoms. The maximum absolute atomic E-state index is 12.6. The molecule has 0 saturated heterocycles. The number of ether oxygens (including phenoxy) is 2. The summed E-state index contributed by atoms with van der Waals surface area (Å²) < 4.78 is 32.7. The highest BCUT2D eigenvalue weighted by molar-refractivity contribution is 7.47. The summed E-state index contributed by atoms with van der Waals surface area (Å²) in [5, 5.41) is 20.0. The van der Waals surface area contributed by atoms with Gasteiger partial charge >= 0.3 is 19.8 Å². The van der Waals surface area contributed by atoms with Crippen LogP contribution in [0.25, 0.3) is 0 Å². The molecule has 11 nitrogen and oxygen atoms in total. The summed E-state index contributed by atoms with van der Waals surface area (Å²) in [5.41, 5.74) is 5.35. The maximum Gasteiger partial charge on any atom is 0.472 e. The van der Waals surface area contributed by atoms with Gasteiger partial charge in [0.2, 0.25) is 0 Å². The molecule has 0 aliphatic carbocycles. The molecule has 63 heavy (non-hydrogen) atoms. The van der Waals surface area contributed by atoms with Crippen LogP contribution in [0.1, 0.15) is 181 Å². The van der Waals surface area contributed by atoms with E-state index in [0.717, 1.165) is 25.7 Å². The minimum atomic E-state index is -4.43. The smallest absolute Gasteiger partial charge is 0.462 e. The zero-order chi connectivity index (χ0) is 46.3. The lowest BCUT2D eigenvalue weighted by Crippen LogP contribution is -2.29. The number of phosphoric ester groups is 1. The van der Waals surface area contributed by atoms with Crippen LogP contribution in [0.2, 0.25) is 0 Å². The van der Waals surface area contributed by atoms with Gasteiger partial charge < -0.3 is 30.3 Å². The Kier molecular flexibility index (Phi) is 43.6. The van der Waals surface area contributed by atoms with Crippen molar-refractivity contribution in [2.24, 2.45) is 5.73 Å². The number of allylic oxidation sites excluding steroid dienone is 10. The van der Waals surface area contributed by atoms with Gasteiger partial charge in [0.05, 0.1) is 25.4 Å². The molecule has 4 atom stereocenters. The highest BCUT2D eigenvalue weighted by Crippen LogP contribution is 2.43. The van der Waals surface area contributed by atoms with Crippen LogP contribution in [0, 0.1) is 0 Å². The molecule has 12 heteroatoms. The van der Waals surface area contributed by atoms with E-state index in [1.807, 2.05) is 43.4 Å². The lowest BCUT2D eigenvalue weighted by atomic mass is 10.0. The Morgan fingerprint density at radius 1 is 0.571 bits per heavy atom. The third kappa shape index (κ3) is 45.5. The van der Waals surface area contributed by atoms with E-state index in [-0.39, 0.29) is 32.6 Å². The van der Waals surface area contributed by atoms with Crippen molar-refractivity contribution >= 4 is 19.8 Å². The number of nitrogens with two attached hydrogens (primary N) is 1. The van der Waals surface area contributed by atoms with Crippen LogP contribution in [0.5, 0.6) is 0 Å². The molecule has 1 unspecified atom stereocenters. The number of aliphatic hydroxyl groups excluding tert-OH is 2. The Bertz CT molecular complexity index is 1340. The summed E-state index contributed by atoms with van der Waals surface area (Å²) >= 11 is 0. The van der Waals surface area contributed by atoms with Crippen molar-refractivity contribution in [2.45, 2.75) is 199 Å². The molecule has 0 aliphatic rings. The van der Waals surface area contributed by atoms with E-state index in [1.54, 1.807) is 36.5 Å². The fraction of sp³-hybridized carbons (Fsp3) is 0.686. The average molecular weight is 906 g/mol. The number of aliphatic hydroxyl groups is 2. The number of esters is 2. The molecule has 0 aromatic carbocycles. The van der Waals surface area contributed by atoms with Crippen molar-refractivity contribution in [3.63, 3.8) is 0 Å². The summed E-state index contributed by atoms with van der Waals surface area (Å²) in [6.45, 7) is 3.34. The van der Waals surface area contributed by atoms with Crippen LogP contribution in [-0.4, -0.2) is 71.7 Å². The van der Waals surface area contributed by atoms with Crippen LogP contribution in [0.15, 0.2) is 85.1 Å². The number of unbranched alkanes of at least 4 members (excludes halogenated alkanes) is 17. The second-order valence-corrected chi connectivity index (χ2v) is 17.4. The summed E-state index contributed by atoms with van der Waals surface area (Å²) in [6.07, 6.45) is 51.2. The third-order valence-electron chi connectivity index (χ3n) is 9.94. The van der Waals surface area contributed by atoms with Gasteiger partial charge in [0, 0.05) is 19.4 Å².